The Labute approximate surface area is 148 Å². The van der Waals surface area contributed by atoms with Gasteiger partial charge in [-0.1, -0.05) is 0 Å². The van der Waals surface area contributed by atoms with Gasteiger partial charge >= 0.3 is 0 Å². The molecule has 1 aliphatic rings. The van der Waals surface area contributed by atoms with Crippen LogP contribution in [0.1, 0.15) is 36.3 Å². The molecular weight excluding hydrogens is 318 g/mol. The van der Waals surface area contributed by atoms with Gasteiger partial charge in [-0.25, -0.2) is 0 Å². The van der Waals surface area contributed by atoms with Crippen molar-refractivity contribution in [2.24, 2.45) is 0 Å². The predicted molar refractivity (Wildman–Crippen MR) is 95.0 cm³/mol. The normalized spacial score (nSPS) is 16.9. The average Bonchev–Trinajstić information content (AvgIpc) is 3.33. The second kappa shape index (κ2) is 8.05. The summed E-state index contributed by atoms with van der Waals surface area (Å²) in [6.45, 7) is 1.55. The van der Waals surface area contributed by atoms with Crippen LogP contribution in [-0.2, 0) is 11.2 Å². The number of carbonyl (C=O) groups excluding carboxylic acids is 1. The van der Waals surface area contributed by atoms with Crippen LogP contribution in [0.25, 0.3) is 0 Å². The van der Waals surface area contributed by atoms with E-state index in [0.717, 1.165) is 55.0 Å². The number of benzene rings is 1. The molecule has 1 atom stereocenters. The lowest BCUT2D eigenvalue weighted by molar-refractivity contribution is -0.130. The molecule has 6 nitrogen and oxygen atoms in total. The minimum atomic E-state index is 0.229. The molecule has 2 aromatic rings. The lowest BCUT2D eigenvalue weighted by Gasteiger charge is -2.18. The molecule has 0 spiro atoms. The maximum atomic E-state index is 12.5. The summed E-state index contributed by atoms with van der Waals surface area (Å²) in [6, 6.07) is 5.86. The van der Waals surface area contributed by atoms with Crippen molar-refractivity contribution >= 4 is 5.91 Å². The lowest BCUT2D eigenvalue weighted by Crippen LogP contribution is -2.28. The fourth-order valence-electron chi connectivity index (χ4n) is 3.42. The van der Waals surface area contributed by atoms with E-state index in [1.54, 1.807) is 14.2 Å². The monoisotopic (exact) mass is 343 g/mol. The van der Waals surface area contributed by atoms with E-state index in [1.807, 2.05) is 35.5 Å². The highest BCUT2D eigenvalue weighted by atomic mass is 16.5. The molecule has 1 saturated heterocycles. The molecule has 1 aromatic heterocycles. The highest BCUT2D eigenvalue weighted by Crippen LogP contribution is 2.36. The van der Waals surface area contributed by atoms with Crippen molar-refractivity contribution < 1.29 is 14.3 Å². The van der Waals surface area contributed by atoms with Gasteiger partial charge in [0.1, 0.15) is 11.5 Å². The van der Waals surface area contributed by atoms with Gasteiger partial charge in [0.05, 0.1) is 20.4 Å². The van der Waals surface area contributed by atoms with Crippen molar-refractivity contribution in [2.45, 2.75) is 31.6 Å². The third kappa shape index (κ3) is 4.13. The van der Waals surface area contributed by atoms with Crippen LogP contribution in [0.2, 0.25) is 0 Å². The summed E-state index contributed by atoms with van der Waals surface area (Å²) < 4.78 is 10.8. The Balaban J connectivity index is 1.56. The summed E-state index contributed by atoms with van der Waals surface area (Å²) in [4.78, 5) is 14.4. The number of aromatic nitrogens is 2. The SMILES string of the molecule is COc1ccc(OC)c([C@@H]2CCN(C(=O)CCCc3cn[nH]c3)C2)c1. The van der Waals surface area contributed by atoms with E-state index < -0.39 is 0 Å². The third-order valence-corrected chi connectivity index (χ3v) is 4.83. The molecule has 1 aliphatic heterocycles. The van der Waals surface area contributed by atoms with E-state index in [4.69, 9.17) is 9.47 Å². The largest absolute Gasteiger partial charge is 0.497 e. The van der Waals surface area contributed by atoms with Gasteiger partial charge in [-0.3, -0.25) is 9.89 Å². The zero-order valence-corrected chi connectivity index (χ0v) is 14.8. The number of ether oxygens (including phenoxy) is 2. The fourth-order valence-corrected chi connectivity index (χ4v) is 3.42. The molecule has 0 bridgehead atoms. The van der Waals surface area contributed by atoms with Crippen molar-refractivity contribution in [1.82, 2.24) is 15.1 Å². The molecular formula is C19H25N3O3. The highest BCUT2D eigenvalue weighted by Gasteiger charge is 2.29. The number of nitrogens with one attached hydrogen (secondary N) is 1. The third-order valence-electron chi connectivity index (χ3n) is 4.83. The summed E-state index contributed by atoms with van der Waals surface area (Å²) in [7, 11) is 3.34. The van der Waals surface area contributed by atoms with Gasteiger partial charge in [-0.05, 0) is 43.0 Å². The van der Waals surface area contributed by atoms with E-state index in [0.29, 0.717) is 12.3 Å². The molecule has 25 heavy (non-hydrogen) atoms. The van der Waals surface area contributed by atoms with Gasteiger partial charge < -0.3 is 14.4 Å². The van der Waals surface area contributed by atoms with E-state index in [1.165, 1.54) is 0 Å². The van der Waals surface area contributed by atoms with Gasteiger partial charge in [0.2, 0.25) is 5.91 Å². The highest BCUT2D eigenvalue weighted by molar-refractivity contribution is 5.76. The lowest BCUT2D eigenvalue weighted by atomic mass is 9.97. The molecule has 0 aliphatic carbocycles. The van der Waals surface area contributed by atoms with Crippen LogP contribution in [0.4, 0.5) is 0 Å². The number of hydrogen-bond acceptors (Lipinski definition) is 4. The van der Waals surface area contributed by atoms with Crippen molar-refractivity contribution in [3.8, 4) is 11.5 Å². The Hall–Kier alpha value is -2.50. The molecule has 0 radical (unpaired) electrons. The molecule has 134 valence electrons. The summed E-state index contributed by atoms with van der Waals surface area (Å²) in [5, 5.41) is 6.73. The molecule has 3 rings (SSSR count). The van der Waals surface area contributed by atoms with Crippen LogP contribution in [0.5, 0.6) is 11.5 Å². The number of nitrogens with zero attached hydrogens (tertiary/aromatic N) is 2. The first-order valence-electron chi connectivity index (χ1n) is 8.68. The molecule has 1 N–H and O–H groups in total. The maximum Gasteiger partial charge on any atom is 0.222 e. The van der Waals surface area contributed by atoms with Crippen molar-refractivity contribution in [2.75, 3.05) is 27.3 Å². The molecule has 6 heteroatoms. The first-order valence-corrected chi connectivity index (χ1v) is 8.68. The zero-order chi connectivity index (χ0) is 17.6. The Kier molecular flexibility index (Phi) is 5.58. The van der Waals surface area contributed by atoms with Crippen LogP contribution in [0.3, 0.4) is 0 Å². The Morgan fingerprint density at radius 3 is 2.96 bits per heavy atom. The van der Waals surface area contributed by atoms with Crippen molar-refractivity contribution in [1.29, 1.82) is 0 Å². The van der Waals surface area contributed by atoms with Gasteiger partial charge in [0.15, 0.2) is 0 Å². The Bertz CT molecular complexity index is 700. The Morgan fingerprint density at radius 1 is 1.36 bits per heavy atom. The number of aryl methyl sites for hydroxylation is 1. The second-order valence-electron chi connectivity index (χ2n) is 6.39. The van der Waals surface area contributed by atoms with E-state index in [2.05, 4.69) is 10.2 Å². The number of likely N-dealkylation sites (tertiary alicyclic amines) is 1. The maximum absolute atomic E-state index is 12.5. The topological polar surface area (TPSA) is 67.5 Å². The van der Waals surface area contributed by atoms with Crippen LogP contribution >= 0.6 is 0 Å². The van der Waals surface area contributed by atoms with E-state index in [9.17, 15) is 4.79 Å². The standard InChI is InChI=1S/C19H25N3O3/c1-24-16-6-7-18(25-2)17(10-16)15-8-9-22(13-15)19(23)5-3-4-14-11-20-21-12-14/h6-7,10-12,15H,3-5,8-9,13H2,1-2H3,(H,20,21)/t15-/m1/s1. The van der Waals surface area contributed by atoms with Crippen molar-refractivity contribution in [3.63, 3.8) is 0 Å². The number of amides is 1. The average molecular weight is 343 g/mol. The van der Waals surface area contributed by atoms with Crippen LogP contribution in [-0.4, -0.2) is 48.3 Å². The smallest absolute Gasteiger partial charge is 0.222 e. The van der Waals surface area contributed by atoms with Crippen LogP contribution < -0.4 is 9.47 Å². The van der Waals surface area contributed by atoms with Crippen LogP contribution in [0.15, 0.2) is 30.6 Å². The Morgan fingerprint density at radius 2 is 2.24 bits per heavy atom. The van der Waals surface area contributed by atoms with Crippen molar-refractivity contribution in [3.05, 3.63) is 41.7 Å². The summed E-state index contributed by atoms with van der Waals surface area (Å²) in [5.74, 6) is 2.21. The number of carbonyl (C=O) groups is 1. The van der Waals surface area contributed by atoms with Gasteiger partial charge in [0, 0.05) is 37.2 Å². The first kappa shape index (κ1) is 17.3. The quantitative estimate of drug-likeness (QED) is 0.839. The van der Waals surface area contributed by atoms with Gasteiger partial charge in [-0.15, -0.1) is 0 Å². The minimum Gasteiger partial charge on any atom is -0.497 e. The van der Waals surface area contributed by atoms with Crippen LogP contribution in [0, 0.1) is 0 Å². The number of H-pyrrole nitrogens is 1. The fraction of sp³-hybridized carbons (Fsp3) is 0.474. The minimum absolute atomic E-state index is 0.229. The summed E-state index contributed by atoms with van der Waals surface area (Å²) in [6.07, 6.45) is 6.95. The molecule has 1 aromatic carbocycles. The first-order chi connectivity index (χ1) is 12.2. The second-order valence-corrected chi connectivity index (χ2v) is 6.39. The van der Waals surface area contributed by atoms with E-state index in [-0.39, 0.29) is 5.91 Å². The number of methoxy groups -OCH3 is 2. The number of rotatable bonds is 7. The van der Waals surface area contributed by atoms with Gasteiger partial charge in [0.25, 0.3) is 0 Å². The molecule has 1 amide bonds. The predicted octanol–water partition coefficient (Wildman–Crippen LogP) is 2.77. The molecule has 0 saturated carbocycles. The van der Waals surface area contributed by atoms with Gasteiger partial charge in [-0.2, -0.15) is 5.10 Å². The summed E-state index contributed by atoms with van der Waals surface area (Å²) in [5.41, 5.74) is 2.27. The molecule has 1 fully saturated rings. The number of hydrogen-bond donors (Lipinski definition) is 1. The summed E-state index contributed by atoms with van der Waals surface area (Å²) >= 11 is 0. The zero-order valence-electron chi connectivity index (χ0n) is 14.8. The molecule has 0 unspecified atom stereocenters. The van der Waals surface area contributed by atoms with E-state index >= 15 is 0 Å². The number of aromatic amines is 1. The molecule has 2 heterocycles.